The molecule has 0 aromatic carbocycles. The predicted molar refractivity (Wildman–Crippen MR) is 104 cm³/mol. The molecule has 2 aliphatic carbocycles. The summed E-state index contributed by atoms with van der Waals surface area (Å²) in [5, 5.41) is 3.89. The van der Waals surface area contributed by atoms with E-state index < -0.39 is 12.7 Å². The van der Waals surface area contributed by atoms with Gasteiger partial charge in [0, 0.05) is 18.1 Å². The molecule has 5 N–H and O–H groups in total. The molecule has 4 rings (SSSR count). The number of fused-ring (bicyclic) bond motifs is 1. The van der Waals surface area contributed by atoms with Crippen LogP contribution in [0.25, 0.3) is 11.2 Å². The highest BCUT2D eigenvalue weighted by Crippen LogP contribution is 2.34. The molecule has 2 aliphatic rings. The molecule has 8 nitrogen and oxygen atoms in total. The van der Waals surface area contributed by atoms with E-state index in [0.29, 0.717) is 16.2 Å². The minimum atomic E-state index is -4.45. The first-order valence-corrected chi connectivity index (χ1v) is 10.2. The van der Waals surface area contributed by atoms with Gasteiger partial charge in [0.1, 0.15) is 6.54 Å². The van der Waals surface area contributed by atoms with Crippen LogP contribution in [0.2, 0.25) is 0 Å². The lowest BCUT2D eigenvalue weighted by molar-refractivity contribution is -0.119. The summed E-state index contributed by atoms with van der Waals surface area (Å²) in [7, 11) is 0. The van der Waals surface area contributed by atoms with E-state index in [1.165, 1.54) is 0 Å². The minimum absolute atomic E-state index is 0.0147. The second-order valence-corrected chi connectivity index (χ2v) is 8.13. The second kappa shape index (κ2) is 7.94. The molecule has 0 spiro atoms. The van der Waals surface area contributed by atoms with Gasteiger partial charge < -0.3 is 15.6 Å². The van der Waals surface area contributed by atoms with E-state index in [-0.39, 0.29) is 29.9 Å². The maximum Gasteiger partial charge on any atom is 0.407 e. The van der Waals surface area contributed by atoms with Gasteiger partial charge in [0.2, 0.25) is 5.95 Å². The Hall–Kier alpha value is -2.14. The van der Waals surface area contributed by atoms with Crippen molar-refractivity contribution in [3.05, 3.63) is 6.33 Å². The average molecular weight is 412 g/mol. The number of nitrogens with one attached hydrogen (secondary N) is 1. The molecule has 160 valence electrons. The van der Waals surface area contributed by atoms with Crippen LogP contribution >= 0.6 is 0 Å². The SMILES string of the molecule is NC1CCC(Nc2nc(N(N)CC(F)(F)F)c3ncn(C4CCCC4)c3n2)CC1. The number of aromatic nitrogens is 4. The molecular formula is C18H27F3N8. The summed E-state index contributed by atoms with van der Waals surface area (Å²) < 4.78 is 40.8. The Bertz CT molecular complexity index is 837. The Labute approximate surface area is 166 Å². The lowest BCUT2D eigenvalue weighted by Crippen LogP contribution is -2.40. The summed E-state index contributed by atoms with van der Waals surface area (Å²) in [6, 6.07) is 0.580. The zero-order valence-electron chi connectivity index (χ0n) is 16.2. The van der Waals surface area contributed by atoms with Gasteiger partial charge in [0.25, 0.3) is 0 Å². The molecule has 2 fully saturated rings. The zero-order chi connectivity index (χ0) is 20.6. The number of nitrogens with zero attached hydrogens (tertiary/aromatic N) is 5. The van der Waals surface area contributed by atoms with Crippen molar-refractivity contribution in [1.29, 1.82) is 0 Å². The number of rotatable bonds is 5. The first kappa shape index (κ1) is 20.1. The van der Waals surface area contributed by atoms with Crippen LogP contribution in [0.1, 0.15) is 57.4 Å². The van der Waals surface area contributed by atoms with E-state index in [0.717, 1.165) is 51.4 Å². The van der Waals surface area contributed by atoms with Crippen LogP contribution in [0.15, 0.2) is 6.33 Å². The van der Waals surface area contributed by atoms with Crippen LogP contribution in [-0.2, 0) is 0 Å². The average Bonchev–Trinajstić information content (AvgIpc) is 3.30. The standard InChI is InChI=1S/C18H27F3N8/c19-18(20,21)9-29(23)16-14-15(28(10-24-14)13-3-1-2-4-13)26-17(27-16)25-12-7-5-11(22)6-8-12/h10-13H,1-9,22-23H2,(H,25,26,27). The zero-order valence-corrected chi connectivity index (χ0v) is 16.2. The van der Waals surface area contributed by atoms with Crippen molar-refractivity contribution in [3.8, 4) is 0 Å². The largest absolute Gasteiger partial charge is 0.407 e. The highest BCUT2D eigenvalue weighted by atomic mass is 19.4. The molecule has 2 aromatic heterocycles. The lowest BCUT2D eigenvalue weighted by Gasteiger charge is -2.27. The van der Waals surface area contributed by atoms with Gasteiger partial charge in [-0.1, -0.05) is 12.8 Å². The molecule has 0 unspecified atom stereocenters. The highest BCUT2D eigenvalue weighted by Gasteiger charge is 2.32. The highest BCUT2D eigenvalue weighted by molar-refractivity contribution is 5.84. The van der Waals surface area contributed by atoms with Gasteiger partial charge in [0.15, 0.2) is 17.0 Å². The molecule has 2 saturated carbocycles. The third kappa shape index (κ3) is 4.55. The third-order valence-electron chi connectivity index (χ3n) is 5.85. The Balaban J connectivity index is 1.69. The van der Waals surface area contributed by atoms with E-state index in [1.807, 2.05) is 4.57 Å². The Morgan fingerprint density at radius 2 is 1.79 bits per heavy atom. The van der Waals surface area contributed by atoms with Crippen LogP contribution in [0.5, 0.6) is 0 Å². The molecule has 0 aliphatic heterocycles. The molecule has 0 saturated heterocycles. The third-order valence-corrected chi connectivity index (χ3v) is 5.85. The summed E-state index contributed by atoms with van der Waals surface area (Å²) in [5.74, 6) is 6.03. The van der Waals surface area contributed by atoms with Crippen LogP contribution in [0.3, 0.4) is 0 Å². The number of halogens is 3. The summed E-state index contributed by atoms with van der Waals surface area (Å²) >= 11 is 0. The number of hydrazine groups is 1. The fourth-order valence-electron chi connectivity index (χ4n) is 4.33. The van der Waals surface area contributed by atoms with Gasteiger partial charge in [-0.05, 0) is 38.5 Å². The smallest absolute Gasteiger partial charge is 0.351 e. The molecule has 11 heteroatoms. The number of nitrogens with two attached hydrogens (primary N) is 2. The van der Waals surface area contributed by atoms with Gasteiger partial charge in [-0.15, -0.1) is 0 Å². The number of alkyl halides is 3. The van der Waals surface area contributed by atoms with Crippen molar-refractivity contribution in [2.24, 2.45) is 11.6 Å². The molecule has 29 heavy (non-hydrogen) atoms. The lowest BCUT2D eigenvalue weighted by atomic mass is 9.92. The van der Waals surface area contributed by atoms with E-state index in [4.69, 9.17) is 11.6 Å². The van der Waals surface area contributed by atoms with E-state index >= 15 is 0 Å². The van der Waals surface area contributed by atoms with E-state index in [9.17, 15) is 13.2 Å². The second-order valence-electron chi connectivity index (χ2n) is 8.13. The van der Waals surface area contributed by atoms with Gasteiger partial charge in [-0.3, -0.25) is 5.01 Å². The van der Waals surface area contributed by atoms with Crippen LogP contribution in [0, 0.1) is 0 Å². The van der Waals surface area contributed by atoms with Crippen molar-refractivity contribution in [3.63, 3.8) is 0 Å². The molecule has 2 aromatic rings. The van der Waals surface area contributed by atoms with Gasteiger partial charge in [-0.25, -0.2) is 10.8 Å². The first-order valence-electron chi connectivity index (χ1n) is 10.2. The summed E-state index contributed by atoms with van der Waals surface area (Å²) in [6.07, 6.45) is 4.96. The molecular weight excluding hydrogens is 385 g/mol. The predicted octanol–water partition coefficient (Wildman–Crippen LogP) is 2.87. The number of imidazole rings is 1. The molecule has 0 bridgehead atoms. The molecule has 0 amide bonds. The summed E-state index contributed by atoms with van der Waals surface area (Å²) in [5.41, 5.74) is 6.78. The quantitative estimate of drug-likeness (QED) is 0.511. The van der Waals surface area contributed by atoms with E-state index in [1.54, 1.807) is 6.33 Å². The number of hydrogen-bond donors (Lipinski definition) is 3. The molecule has 2 heterocycles. The Morgan fingerprint density at radius 1 is 1.10 bits per heavy atom. The van der Waals surface area contributed by atoms with Crippen molar-refractivity contribution in [2.45, 2.75) is 75.7 Å². The van der Waals surface area contributed by atoms with Gasteiger partial charge in [0.05, 0.1) is 6.33 Å². The van der Waals surface area contributed by atoms with E-state index in [2.05, 4.69) is 20.3 Å². The Morgan fingerprint density at radius 3 is 2.45 bits per heavy atom. The monoisotopic (exact) mass is 412 g/mol. The van der Waals surface area contributed by atoms with Gasteiger partial charge >= 0.3 is 6.18 Å². The van der Waals surface area contributed by atoms with Crippen molar-refractivity contribution in [2.75, 3.05) is 16.9 Å². The number of hydrogen-bond acceptors (Lipinski definition) is 7. The van der Waals surface area contributed by atoms with Crippen molar-refractivity contribution >= 4 is 22.9 Å². The first-order chi connectivity index (χ1) is 13.8. The fraction of sp³-hybridized carbons (Fsp3) is 0.722. The van der Waals surface area contributed by atoms with Crippen molar-refractivity contribution < 1.29 is 13.2 Å². The number of anilines is 2. The van der Waals surface area contributed by atoms with Gasteiger partial charge in [-0.2, -0.15) is 23.1 Å². The van der Waals surface area contributed by atoms with Crippen LogP contribution in [0.4, 0.5) is 24.9 Å². The topological polar surface area (TPSA) is 111 Å². The minimum Gasteiger partial charge on any atom is -0.351 e. The fourth-order valence-corrected chi connectivity index (χ4v) is 4.33. The Kier molecular flexibility index (Phi) is 5.52. The summed E-state index contributed by atoms with van der Waals surface area (Å²) in [4.78, 5) is 13.2. The van der Waals surface area contributed by atoms with Crippen molar-refractivity contribution in [1.82, 2.24) is 19.5 Å². The van der Waals surface area contributed by atoms with Crippen LogP contribution < -0.4 is 21.9 Å². The normalized spacial score (nSPS) is 23.6. The molecule has 0 atom stereocenters. The maximum absolute atomic E-state index is 12.9. The maximum atomic E-state index is 12.9. The van der Waals surface area contributed by atoms with Crippen LogP contribution in [-0.4, -0.2) is 44.3 Å². The molecule has 0 radical (unpaired) electrons. The summed E-state index contributed by atoms with van der Waals surface area (Å²) in [6.45, 7) is -1.31.